The number of benzene rings is 1. The van der Waals surface area contributed by atoms with Gasteiger partial charge in [-0.15, -0.1) is 11.8 Å². The van der Waals surface area contributed by atoms with Gasteiger partial charge in [-0.25, -0.2) is 9.79 Å². The van der Waals surface area contributed by atoms with Gasteiger partial charge in [0.2, 0.25) is 0 Å². The second-order valence-corrected chi connectivity index (χ2v) is 5.54. The van der Waals surface area contributed by atoms with E-state index >= 15 is 0 Å². The van der Waals surface area contributed by atoms with Crippen molar-refractivity contribution in [2.24, 2.45) is 12.0 Å². The normalized spacial score (nSPS) is 10.6. The molecule has 0 atom stereocenters. The Kier molecular flexibility index (Phi) is 5.27. The number of thioether (sulfide) groups is 1. The fourth-order valence-electron chi connectivity index (χ4n) is 2.09. The van der Waals surface area contributed by atoms with Gasteiger partial charge in [0.1, 0.15) is 5.82 Å². The predicted octanol–water partition coefficient (Wildman–Crippen LogP) is 3.35. The number of fused-ring (bicyclic) bond motifs is 1. The van der Waals surface area contributed by atoms with Crippen LogP contribution in [0.25, 0.3) is 10.9 Å². The number of alkyl carbamates (subject to hydrolysis) is 1. The molecule has 6 heteroatoms. The molecule has 2 aromatic rings. The van der Waals surface area contributed by atoms with Crippen LogP contribution in [0.1, 0.15) is 6.92 Å². The number of hydrogen-bond acceptors (Lipinski definition) is 4. The summed E-state index contributed by atoms with van der Waals surface area (Å²) in [7, 11) is 1.98. The highest BCUT2D eigenvalue weighted by Crippen LogP contribution is 2.32. The van der Waals surface area contributed by atoms with Gasteiger partial charge >= 0.3 is 6.09 Å². The van der Waals surface area contributed by atoms with Crippen LogP contribution in [0.3, 0.4) is 0 Å². The summed E-state index contributed by atoms with van der Waals surface area (Å²) in [6.07, 6.45) is -0.367. The predicted molar refractivity (Wildman–Crippen MR) is 87.9 cm³/mol. The maximum Gasteiger partial charge on any atom is 0.407 e. The lowest BCUT2D eigenvalue weighted by molar-refractivity contribution is 0.153. The van der Waals surface area contributed by atoms with Crippen LogP contribution in [0.4, 0.5) is 10.6 Å². The fourth-order valence-corrected chi connectivity index (χ4v) is 3.01. The molecule has 0 spiro atoms. The molecule has 0 aliphatic rings. The van der Waals surface area contributed by atoms with E-state index in [-0.39, 0.29) is 6.09 Å². The fraction of sp³-hybridized carbons (Fsp3) is 0.333. The van der Waals surface area contributed by atoms with Gasteiger partial charge in [-0.1, -0.05) is 6.07 Å². The van der Waals surface area contributed by atoms with E-state index in [9.17, 15) is 4.79 Å². The van der Waals surface area contributed by atoms with Crippen molar-refractivity contribution in [3.8, 4) is 0 Å². The molecular formula is C15H19N3O2S. The van der Waals surface area contributed by atoms with Gasteiger partial charge in [0, 0.05) is 29.6 Å². The maximum atomic E-state index is 11.2. The first-order valence-corrected chi connectivity index (χ1v) is 7.74. The van der Waals surface area contributed by atoms with Crippen molar-refractivity contribution < 1.29 is 9.53 Å². The summed E-state index contributed by atoms with van der Waals surface area (Å²) >= 11 is 1.70. The van der Waals surface area contributed by atoms with Gasteiger partial charge in [-0.3, -0.25) is 0 Å². The molecule has 2 rings (SSSR count). The third-order valence-corrected chi connectivity index (χ3v) is 4.16. The average Bonchev–Trinajstić information content (AvgIpc) is 2.81. The maximum absolute atomic E-state index is 11.2. The Labute approximate surface area is 128 Å². The molecular weight excluding hydrogens is 286 g/mol. The molecule has 0 saturated heterocycles. The van der Waals surface area contributed by atoms with Crippen LogP contribution in [-0.2, 0) is 11.8 Å². The zero-order valence-electron chi connectivity index (χ0n) is 12.3. The Morgan fingerprint density at radius 2 is 2.33 bits per heavy atom. The first-order valence-electron chi connectivity index (χ1n) is 6.76. The largest absolute Gasteiger partial charge is 0.450 e. The molecule has 0 unspecified atom stereocenters. The third kappa shape index (κ3) is 3.58. The SMILES string of the molecule is C=Nc1cc2c(SCCNC(=O)OCC)cccc2n1C. The standard InChI is InChI=1S/C15H19N3O2S/c1-4-20-15(19)17-8-9-21-13-7-5-6-12-11(13)10-14(16-2)18(12)3/h5-7,10H,2,4,8-9H2,1,3H3,(H,17,19). The van der Waals surface area contributed by atoms with Crippen molar-refractivity contribution in [3.63, 3.8) is 0 Å². The van der Waals surface area contributed by atoms with Crippen molar-refractivity contribution >= 4 is 41.3 Å². The molecule has 0 saturated carbocycles. The number of carbonyl (C=O) groups excluding carboxylic acids is 1. The molecule has 0 bridgehead atoms. The number of aromatic nitrogens is 1. The molecule has 5 nitrogen and oxygen atoms in total. The van der Waals surface area contributed by atoms with Gasteiger partial charge in [0.05, 0.1) is 12.1 Å². The quantitative estimate of drug-likeness (QED) is 0.506. The zero-order chi connectivity index (χ0) is 15.2. The van der Waals surface area contributed by atoms with Gasteiger partial charge in [0.15, 0.2) is 0 Å². The van der Waals surface area contributed by atoms with Crippen molar-refractivity contribution in [2.75, 3.05) is 18.9 Å². The molecule has 0 aliphatic carbocycles. The second kappa shape index (κ2) is 7.17. The minimum absolute atomic E-state index is 0.367. The average molecular weight is 305 g/mol. The van der Waals surface area contributed by atoms with E-state index in [4.69, 9.17) is 4.74 Å². The minimum atomic E-state index is -0.367. The monoisotopic (exact) mass is 305 g/mol. The zero-order valence-corrected chi connectivity index (χ0v) is 13.1. The Hall–Kier alpha value is -1.95. The van der Waals surface area contributed by atoms with Gasteiger partial charge < -0.3 is 14.6 Å². The van der Waals surface area contributed by atoms with Crippen LogP contribution in [0, 0.1) is 0 Å². The second-order valence-electron chi connectivity index (χ2n) is 4.40. The molecule has 0 radical (unpaired) electrons. The Bertz CT molecular complexity index is 652. The highest BCUT2D eigenvalue weighted by atomic mass is 32.2. The number of ether oxygens (including phenoxy) is 1. The Morgan fingerprint density at radius 1 is 1.52 bits per heavy atom. The van der Waals surface area contributed by atoms with E-state index in [0.29, 0.717) is 13.2 Å². The van der Waals surface area contributed by atoms with E-state index in [2.05, 4.69) is 29.2 Å². The summed E-state index contributed by atoms with van der Waals surface area (Å²) in [6, 6.07) is 8.19. The molecule has 1 aromatic carbocycles. The highest BCUT2D eigenvalue weighted by molar-refractivity contribution is 7.99. The van der Waals surface area contributed by atoms with Crippen LogP contribution in [0.2, 0.25) is 0 Å². The van der Waals surface area contributed by atoms with E-state index in [1.54, 1.807) is 18.7 Å². The summed E-state index contributed by atoms with van der Waals surface area (Å²) in [4.78, 5) is 16.4. The molecule has 1 heterocycles. The smallest absolute Gasteiger partial charge is 0.407 e. The van der Waals surface area contributed by atoms with Gasteiger partial charge in [0.25, 0.3) is 0 Å². The van der Waals surface area contributed by atoms with E-state index < -0.39 is 0 Å². The lowest BCUT2D eigenvalue weighted by Crippen LogP contribution is -2.26. The molecule has 1 N–H and O–H groups in total. The van der Waals surface area contributed by atoms with Crippen LogP contribution in [0.15, 0.2) is 34.2 Å². The first kappa shape index (κ1) is 15.4. The number of amides is 1. The van der Waals surface area contributed by atoms with Crippen LogP contribution >= 0.6 is 11.8 Å². The van der Waals surface area contributed by atoms with Crippen molar-refractivity contribution in [2.45, 2.75) is 11.8 Å². The first-order chi connectivity index (χ1) is 10.2. The molecule has 0 fully saturated rings. The number of aryl methyl sites for hydroxylation is 1. The summed E-state index contributed by atoms with van der Waals surface area (Å²) in [5.41, 5.74) is 1.13. The van der Waals surface area contributed by atoms with E-state index in [1.165, 1.54) is 4.90 Å². The number of nitrogens with zero attached hydrogens (tertiary/aromatic N) is 2. The Balaban J connectivity index is 2.02. The van der Waals surface area contributed by atoms with Gasteiger partial charge in [-0.05, 0) is 31.8 Å². The summed E-state index contributed by atoms with van der Waals surface area (Å²) < 4.78 is 6.83. The lowest BCUT2D eigenvalue weighted by Gasteiger charge is -2.06. The Morgan fingerprint density at radius 3 is 3.05 bits per heavy atom. The van der Waals surface area contributed by atoms with Crippen molar-refractivity contribution in [1.29, 1.82) is 0 Å². The summed E-state index contributed by atoms with van der Waals surface area (Å²) in [6.45, 7) is 6.33. The molecule has 1 aromatic heterocycles. The number of carbonyl (C=O) groups is 1. The summed E-state index contributed by atoms with van der Waals surface area (Å²) in [5, 5.41) is 3.87. The lowest BCUT2D eigenvalue weighted by atomic mass is 10.2. The molecule has 112 valence electrons. The number of aliphatic imine (C=N–C) groups is 1. The molecule has 0 aliphatic heterocycles. The van der Waals surface area contributed by atoms with Crippen LogP contribution < -0.4 is 5.32 Å². The number of rotatable bonds is 6. The van der Waals surface area contributed by atoms with Gasteiger partial charge in [-0.2, -0.15) is 0 Å². The topological polar surface area (TPSA) is 55.6 Å². The highest BCUT2D eigenvalue weighted by Gasteiger charge is 2.08. The third-order valence-electron chi connectivity index (χ3n) is 3.09. The summed E-state index contributed by atoms with van der Waals surface area (Å²) in [5.74, 6) is 1.63. The van der Waals surface area contributed by atoms with E-state index in [0.717, 1.165) is 22.5 Å². The van der Waals surface area contributed by atoms with E-state index in [1.807, 2.05) is 23.7 Å². The minimum Gasteiger partial charge on any atom is -0.450 e. The van der Waals surface area contributed by atoms with Crippen molar-refractivity contribution in [3.05, 3.63) is 24.3 Å². The molecule has 21 heavy (non-hydrogen) atoms. The van der Waals surface area contributed by atoms with Crippen LogP contribution in [-0.4, -0.2) is 36.3 Å². The molecule has 1 amide bonds. The number of hydrogen-bond donors (Lipinski definition) is 1. The number of nitrogens with one attached hydrogen (secondary N) is 1. The van der Waals surface area contributed by atoms with Crippen molar-refractivity contribution in [1.82, 2.24) is 9.88 Å². The van der Waals surface area contributed by atoms with Crippen LogP contribution in [0.5, 0.6) is 0 Å².